The van der Waals surface area contributed by atoms with E-state index in [9.17, 15) is 14.7 Å². The topological polar surface area (TPSA) is 76.1 Å². The second kappa shape index (κ2) is 9.45. The lowest BCUT2D eigenvalue weighted by Crippen LogP contribution is -2.31. The van der Waals surface area contributed by atoms with Gasteiger partial charge in [-0.2, -0.15) is 0 Å². The highest BCUT2D eigenvalue weighted by Crippen LogP contribution is 2.40. The molecule has 3 rings (SSSR count). The molecular weight excluding hydrogens is 450 g/mol. The molecule has 7 heteroatoms. The van der Waals surface area contributed by atoms with Crippen molar-refractivity contribution in [1.29, 1.82) is 0 Å². The number of benzene rings is 2. The molecule has 0 spiro atoms. The van der Waals surface area contributed by atoms with Gasteiger partial charge in [0.1, 0.15) is 11.5 Å². The fourth-order valence-corrected chi connectivity index (χ4v) is 4.10. The van der Waals surface area contributed by atoms with E-state index in [-0.39, 0.29) is 11.3 Å². The van der Waals surface area contributed by atoms with Crippen LogP contribution in [0.5, 0.6) is 5.75 Å². The Labute approximate surface area is 184 Å². The van der Waals surface area contributed by atoms with Gasteiger partial charge in [0.25, 0.3) is 11.7 Å². The summed E-state index contributed by atoms with van der Waals surface area (Å²) < 4.78 is 11.1. The predicted octanol–water partition coefficient (Wildman–Crippen LogP) is 4.22. The van der Waals surface area contributed by atoms with Gasteiger partial charge in [-0.25, -0.2) is 0 Å². The highest BCUT2D eigenvalue weighted by atomic mass is 79.9. The Morgan fingerprint density at radius 2 is 1.93 bits per heavy atom. The molecule has 1 aliphatic heterocycles. The highest BCUT2D eigenvalue weighted by Gasteiger charge is 2.45. The number of aliphatic hydroxyl groups excluding tert-OH is 1. The van der Waals surface area contributed by atoms with Crippen molar-refractivity contribution >= 4 is 33.4 Å². The number of aryl methyl sites for hydroxylation is 1. The number of Topliss-reactive ketones (excluding diaryl/α,β-unsaturated/α-hetero) is 1. The third kappa shape index (κ3) is 4.27. The van der Waals surface area contributed by atoms with Gasteiger partial charge in [0.15, 0.2) is 0 Å². The Morgan fingerprint density at radius 1 is 1.17 bits per heavy atom. The summed E-state index contributed by atoms with van der Waals surface area (Å²) in [6.45, 7) is 2.63. The number of ether oxygens (including phenoxy) is 2. The molecule has 0 radical (unpaired) electrons. The Kier molecular flexibility index (Phi) is 6.95. The van der Waals surface area contributed by atoms with Crippen molar-refractivity contribution in [2.75, 3.05) is 27.4 Å². The number of nitrogens with zero attached hydrogens (tertiary/aromatic N) is 1. The number of hydrogen-bond acceptors (Lipinski definition) is 5. The molecule has 6 nitrogen and oxygen atoms in total. The maximum atomic E-state index is 13.0. The first-order valence-corrected chi connectivity index (χ1v) is 10.4. The normalized spacial score (nSPS) is 18.1. The number of carbonyl (C=O) groups is 2. The van der Waals surface area contributed by atoms with Gasteiger partial charge in [-0.1, -0.05) is 28.1 Å². The maximum Gasteiger partial charge on any atom is 0.295 e. The lowest BCUT2D eigenvalue weighted by molar-refractivity contribution is -0.140. The fraction of sp³-hybridized carbons (Fsp3) is 0.304. The summed E-state index contributed by atoms with van der Waals surface area (Å²) in [5, 5.41) is 11.1. The molecule has 0 aliphatic carbocycles. The van der Waals surface area contributed by atoms with Gasteiger partial charge < -0.3 is 19.5 Å². The van der Waals surface area contributed by atoms with E-state index < -0.39 is 17.7 Å². The van der Waals surface area contributed by atoms with Crippen molar-refractivity contribution in [2.24, 2.45) is 0 Å². The molecule has 1 amide bonds. The standard InChI is InChI=1S/C23H24BrNO5/c1-14-12-17(30-3)8-9-18(14)21(26)19-20(15-6-4-7-16(24)13-15)25(10-5-11-29-2)23(28)22(19)27/h4,6-9,12-13,20,26H,5,10-11H2,1-3H3/b21-19+. The quantitative estimate of drug-likeness (QED) is 0.282. The first-order valence-electron chi connectivity index (χ1n) is 9.56. The Hall–Kier alpha value is -2.64. The van der Waals surface area contributed by atoms with Crippen molar-refractivity contribution in [3.05, 3.63) is 69.2 Å². The molecule has 30 heavy (non-hydrogen) atoms. The van der Waals surface area contributed by atoms with E-state index in [1.807, 2.05) is 31.2 Å². The second-order valence-corrected chi connectivity index (χ2v) is 7.99. The molecule has 0 bridgehead atoms. The molecule has 0 aromatic heterocycles. The zero-order valence-electron chi connectivity index (χ0n) is 17.1. The number of rotatable bonds is 7. The van der Waals surface area contributed by atoms with E-state index in [1.54, 1.807) is 32.4 Å². The zero-order chi connectivity index (χ0) is 21.8. The average Bonchev–Trinajstić information content (AvgIpc) is 2.98. The van der Waals surface area contributed by atoms with Gasteiger partial charge in [-0.3, -0.25) is 9.59 Å². The Morgan fingerprint density at radius 3 is 2.57 bits per heavy atom. The minimum atomic E-state index is -0.690. The third-order valence-electron chi connectivity index (χ3n) is 5.14. The Balaban J connectivity index is 2.15. The number of amides is 1. The van der Waals surface area contributed by atoms with Crippen LogP contribution in [0.4, 0.5) is 0 Å². The minimum Gasteiger partial charge on any atom is -0.507 e. The highest BCUT2D eigenvalue weighted by molar-refractivity contribution is 9.10. The maximum absolute atomic E-state index is 13.0. The van der Waals surface area contributed by atoms with Gasteiger partial charge in [0.05, 0.1) is 18.7 Å². The van der Waals surface area contributed by atoms with Gasteiger partial charge in [-0.05, 0) is 54.8 Å². The summed E-state index contributed by atoms with van der Waals surface area (Å²) in [5.74, 6) is -0.853. The third-order valence-corrected chi connectivity index (χ3v) is 5.63. The number of ketones is 1. The smallest absolute Gasteiger partial charge is 0.295 e. The number of hydrogen-bond donors (Lipinski definition) is 1. The molecule has 0 saturated carbocycles. The first kappa shape index (κ1) is 22.1. The van der Waals surface area contributed by atoms with E-state index in [0.29, 0.717) is 30.9 Å². The zero-order valence-corrected chi connectivity index (χ0v) is 18.7. The van der Waals surface area contributed by atoms with Crippen molar-refractivity contribution in [3.63, 3.8) is 0 Å². The van der Waals surface area contributed by atoms with Crippen LogP contribution in [0.3, 0.4) is 0 Å². The van der Waals surface area contributed by atoms with Crippen LogP contribution >= 0.6 is 15.9 Å². The monoisotopic (exact) mass is 473 g/mol. The molecule has 158 valence electrons. The molecule has 2 aromatic carbocycles. The number of aliphatic hydroxyl groups is 1. The van der Waals surface area contributed by atoms with Gasteiger partial charge in [-0.15, -0.1) is 0 Å². The second-order valence-electron chi connectivity index (χ2n) is 7.07. The summed E-state index contributed by atoms with van der Waals surface area (Å²) in [6, 6.07) is 11.9. The molecule has 1 heterocycles. The van der Waals surface area contributed by atoms with E-state index in [2.05, 4.69) is 15.9 Å². The van der Waals surface area contributed by atoms with Crippen LogP contribution < -0.4 is 4.74 Å². The van der Waals surface area contributed by atoms with Crippen LogP contribution in [-0.2, 0) is 14.3 Å². The van der Waals surface area contributed by atoms with Crippen LogP contribution in [0.1, 0.15) is 29.2 Å². The van der Waals surface area contributed by atoms with E-state index in [0.717, 1.165) is 15.6 Å². The fourth-order valence-electron chi connectivity index (χ4n) is 3.69. The summed E-state index contributed by atoms with van der Waals surface area (Å²) >= 11 is 3.45. The van der Waals surface area contributed by atoms with Crippen LogP contribution in [0.2, 0.25) is 0 Å². The van der Waals surface area contributed by atoms with Crippen LogP contribution in [0.25, 0.3) is 5.76 Å². The van der Waals surface area contributed by atoms with E-state index >= 15 is 0 Å². The summed E-state index contributed by atoms with van der Waals surface area (Å²) in [6.07, 6.45) is 0.579. The number of methoxy groups -OCH3 is 2. The van der Waals surface area contributed by atoms with Crippen LogP contribution in [0, 0.1) is 6.92 Å². The first-order chi connectivity index (χ1) is 14.4. The summed E-state index contributed by atoms with van der Waals surface area (Å²) in [5.41, 5.74) is 2.06. The summed E-state index contributed by atoms with van der Waals surface area (Å²) in [7, 11) is 3.15. The molecule has 2 aromatic rings. The lowest BCUT2D eigenvalue weighted by Gasteiger charge is -2.25. The minimum absolute atomic E-state index is 0.0868. The van der Waals surface area contributed by atoms with E-state index in [4.69, 9.17) is 9.47 Å². The molecule has 1 aliphatic rings. The largest absolute Gasteiger partial charge is 0.507 e. The predicted molar refractivity (Wildman–Crippen MR) is 117 cm³/mol. The van der Waals surface area contributed by atoms with Crippen molar-refractivity contribution in [1.82, 2.24) is 4.90 Å². The van der Waals surface area contributed by atoms with E-state index in [1.165, 1.54) is 4.90 Å². The number of halogens is 1. The number of likely N-dealkylation sites (tertiary alicyclic amines) is 1. The average molecular weight is 474 g/mol. The molecule has 1 fully saturated rings. The Bertz CT molecular complexity index is 1000. The molecule has 1 N–H and O–H groups in total. The van der Waals surface area contributed by atoms with Crippen LogP contribution in [-0.4, -0.2) is 49.1 Å². The van der Waals surface area contributed by atoms with Gasteiger partial charge in [0.2, 0.25) is 0 Å². The van der Waals surface area contributed by atoms with Crippen molar-refractivity contribution < 1.29 is 24.2 Å². The molecule has 1 atom stereocenters. The van der Waals surface area contributed by atoms with Gasteiger partial charge in [0, 0.05) is 30.3 Å². The summed E-state index contributed by atoms with van der Waals surface area (Å²) in [4.78, 5) is 27.4. The molecule has 1 saturated heterocycles. The lowest BCUT2D eigenvalue weighted by atomic mass is 9.94. The molecular formula is C23H24BrNO5. The van der Waals surface area contributed by atoms with Crippen molar-refractivity contribution in [3.8, 4) is 5.75 Å². The number of carbonyl (C=O) groups excluding carboxylic acids is 2. The molecule has 1 unspecified atom stereocenters. The van der Waals surface area contributed by atoms with Gasteiger partial charge >= 0.3 is 0 Å². The van der Waals surface area contributed by atoms with Crippen LogP contribution in [0.15, 0.2) is 52.5 Å². The van der Waals surface area contributed by atoms with Crippen molar-refractivity contribution in [2.45, 2.75) is 19.4 Å². The SMILES string of the molecule is COCCCN1C(=O)C(=O)/C(=C(/O)c2ccc(OC)cc2C)C1c1cccc(Br)c1.